The minimum Gasteiger partial charge on any atom is -0.457 e. The fraction of sp³-hybridized carbons (Fsp3) is 0. The zero-order valence-electron chi connectivity index (χ0n) is 14.4. The molecule has 2 aromatic carbocycles. The molecular weight excluding hydrogens is 458 g/mol. The first-order valence-electron chi connectivity index (χ1n) is 8.21. The van der Waals surface area contributed by atoms with Crippen LogP contribution in [0.4, 0.5) is 5.69 Å². The molecule has 2 heterocycles. The number of benzene rings is 2. The van der Waals surface area contributed by atoms with E-state index in [0.717, 1.165) is 5.01 Å². The van der Waals surface area contributed by atoms with Crippen LogP contribution in [0, 0.1) is 0 Å². The zero-order chi connectivity index (χ0) is 20.7. The van der Waals surface area contributed by atoms with Crippen molar-refractivity contribution in [3.63, 3.8) is 0 Å². The zero-order valence-corrected chi connectivity index (χ0v) is 17.4. The topological polar surface area (TPSA) is 62.6 Å². The Balaban J connectivity index is 1.63. The number of carbonyl (C=O) groups excluding carboxylic acids is 2. The second-order valence-electron chi connectivity index (χ2n) is 6.06. The Morgan fingerprint density at radius 1 is 0.862 bits per heavy atom. The predicted octanol–water partition coefficient (Wildman–Crippen LogP) is 6.02. The molecule has 1 saturated heterocycles. The van der Waals surface area contributed by atoms with Gasteiger partial charge in [-0.25, -0.2) is 5.01 Å². The molecule has 1 aromatic heterocycles. The van der Waals surface area contributed by atoms with Crippen LogP contribution in [0.2, 0.25) is 20.1 Å². The maximum absolute atomic E-state index is 12.7. The Morgan fingerprint density at radius 3 is 2.38 bits per heavy atom. The van der Waals surface area contributed by atoms with Gasteiger partial charge in [-0.3, -0.25) is 15.0 Å². The fourth-order valence-electron chi connectivity index (χ4n) is 2.77. The van der Waals surface area contributed by atoms with Crippen LogP contribution in [0.5, 0.6) is 0 Å². The summed E-state index contributed by atoms with van der Waals surface area (Å²) in [5.41, 5.74) is 3.43. The summed E-state index contributed by atoms with van der Waals surface area (Å²) in [5.74, 6) is -0.314. The van der Waals surface area contributed by atoms with Gasteiger partial charge in [-0.05, 0) is 54.6 Å². The van der Waals surface area contributed by atoms with E-state index >= 15 is 0 Å². The van der Waals surface area contributed by atoms with Crippen molar-refractivity contribution in [2.75, 3.05) is 5.01 Å². The summed E-state index contributed by atoms with van der Waals surface area (Å²) in [6, 6.07) is 12.9. The predicted molar refractivity (Wildman–Crippen MR) is 114 cm³/mol. The van der Waals surface area contributed by atoms with Crippen LogP contribution in [-0.2, 0) is 9.59 Å². The van der Waals surface area contributed by atoms with E-state index in [9.17, 15) is 9.59 Å². The number of carbonyl (C=O) groups is 2. The summed E-state index contributed by atoms with van der Waals surface area (Å²) in [4.78, 5) is 25.0. The maximum Gasteiger partial charge on any atom is 0.282 e. The number of anilines is 1. The van der Waals surface area contributed by atoms with Gasteiger partial charge in [0.2, 0.25) is 0 Å². The van der Waals surface area contributed by atoms with Gasteiger partial charge in [0.15, 0.2) is 0 Å². The van der Waals surface area contributed by atoms with E-state index in [1.165, 1.54) is 18.2 Å². The van der Waals surface area contributed by atoms with Gasteiger partial charge in [0.1, 0.15) is 17.1 Å². The standard InChI is InChI=1S/C20H10Cl4N2O3/c21-10-1-4-13(16(23)7-10)18-6-3-12(29-18)9-14-19(27)25-26(20(14)28)11-2-5-15(22)17(24)8-11/h1-9H,(H,25,27)/b14-9-. The van der Waals surface area contributed by atoms with Crippen molar-refractivity contribution in [3.05, 3.63) is 80.0 Å². The first-order valence-corrected chi connectivity index (χ1v) is 9.72. The molecule has 1 fully saturated rings. The van der Waals surface area contributed by atoms with E-state index in [1.807, 2.05) is 0 Å². The molecular formula is C20H10Cl4N2O3. The molecule has 0 atom stereocenters. The number of hydrazine groups is 1. The number of rotatable bonds is 3. The molecule has 1 N–H and O–H groups in total. The molecule has 0 radical (unpaired) electrons. The van der Waals surface area contributed by atoms with Gasteiger partial charge in [0, 0.05) is 10.6 Å². The van der Waals surface area contributed by atoms with Gasteiger partial charge in [-0.15, -0.1) is 0 Å². The van der Waals surface area contributed by atoms with E-state index < -0.39 is 11.8 Å². The van der Waals surface area contributed by atoms with Crippen LogP contribution in [-0.4, -0.2) is 11.8 Å². The second-order valence-corrected chi connectivity index (χ2v) is 7.72. The van der Waals surface area contributed by atoms with Crippen molar-refractivity contribution in [1.82, 2.24) is 5.43 Å². The normalized spacial score (nSPS) is 15.3. The van der Waals surface area contributed by atoms with Crippen molar-refractivity contribution >= 4 is 70.0 Å². The summed E-state index contributed by atoms with van der Waals surface area (Å²) in [7, 11) is 0. The largest absolute Gasteiger partial charge is 0.457 e. The van der Waals surface area contributed by atoms with E-state index in [2.05, 4.69) is 5.43 Å². The van der Waals surface area contributed by atoms with E-state index in [0.29, 0.717) is 37.8 Å². The Labute approximate surface area is 185 Å². The van der Waals surface area contributed by atoms with Gasteiger partial charge < -0.3 is 4.42 Å². The Kier molecular flexibility index (Phi) is 5.32. The fourth-order valence-corrected chi connectivity index (χ4v) is 3.56. The molecule has 0 unspecified atom stereocenters. The quantitative estimate of drug-likeness (QED) is 0.378. The molecule has 4 rings (SSSR count). The number of furan rings is 1. The third-order valence-corrected chi connectivity index (χ3v) is 5.45. The van der Waals surface area contributed by atoms with Crippen LogP contribution >= 0.6 is 46.4 Å². The van der Waals surface area contributed by atoms with Crippen molar-refractivity contribution in [1.29, 1.82) is 0 Å². The first-order chi connectivity index (χ1) is 13.8. The average Bonchev–Trinajstić information content (AvgIpc) is 3.24. The lowest BCUT2D eigenvalue weighted by Gasteiger charge is -2.15. The van der Waals surface area contributed by atoms with Crippen molar-refractivity contribution in [2.45, 2.75) is 0 Å². The summed E-state index contributed by atoms with van der Waals surface area (Å²) in [6.45, 7) is 0. The highest BCUT2D eigenvalue weighted by Gasteiger charge is 2.35. The minimum atomic E-state index is -0.566. The highest BCUT2D eigenvalue weighted by molar-refractivity contribution is 6.42. The van der Waals surface area contributed by atoms with Crippen molar-refractivity contribution in [2.24, 2.45) is 0 Å². The molecule has 0 spiro atoms. The monoisotopic (exact) mass is 466 g/mol. The van der Waals surface area contributed by atoms with Crippen molar-refractivity contribution in [3.8, 4) is 11.3 Å². The molecule has 0 aliphatic carbocycles. The highest BCUT2D eigenvalue weighted by atomic mass is 35.5. The van der Waals surface area contributed by atoms with Crippen LogP contribution in [0.1, 0.15) is 5.76 Å². The number of halogens is 4. The number of amides is 2. The number of hydrogen-bond donors (Lipinski definition) is 1. The Hall–Kier alpha value is -2.44. The molecule has 146 valence electrons. The van der Waals surface area contributed by atoms with Crippen molar-refractivity contribution < 1.29 is 14.0 Å². The number of hydrogen-bond acceptors (Lipinski definition) is 3. The molecule has 9 heteroatoms. The molecule has 1 aliphatic heterocycles. The minimum absolute atomic E-state index is 0.0841. The summed E-state index contributed by atoms with van der Waals surface area (Å²) in [5, 5.41) is 2.62. The number of nitrogens with one attached hydrogen (secondary N) is 1. The molecule has 3 aromatic rings. The molecule has 1 aliphatic rings. The van der Waals surface area contributed by atoms with Crippen LogP contribution in [0.15, 0.2) is 58.5 Å². The van der Waals surface area contributed by atoms with Gasteiger partial charge in [0.05, 0.1) is 20.8 Å². The van der Waals surface area contributed by atoms with E-state index in [1.54, 1.807) is 36.4 Å². The van der Waals surface area contributed by atoms with Crippen LogP contribution < -0.4 is 10.4 Å². The summed E-state index contributed by atoms with van der Waals surface area (Å²) in [6.07, 6.45) is 1.36. The molecule has 5 nitrogen and oxygen atoms in total. The lowest BCUT2D eigenvalue weighted by molar-refractivity contribution is -0.117. The second kappa shape index (κ2) is 7.76. The van der Waals surface area contributed by atoms with Crippen LogP contribution in [0.3, 0.4) is 0 Å². The highest BCUT2D eigenvalue weighted by Crippen LogP contribution is 2.33. The summed E-state index contributed by atoms with van der Waals surface area (Å²) >= 11 is 24.0. The third-order valence-electron chi connectivity index (χ3n) is 4.16. The van der Waals surface area contributed by atoms with E-state index in [4.69, 9.17) is 50.8 Å². The van der Waals surface area contributed by atoms with E-state index in [-0.39, 0.29) is 10.6 Å². The molecule has 0 saturated carbocycles. The first kappa shape index (κ1) is 19.9. The summed E-state index contributed by atoms with van der Waals surface area (Å²) < 4.78 is 5.73. The van der Waals surface area contributed by atoms with Gasteiger partial charge in [-0.1, -0.05) is 46.4 Å². The molecule has 2 amide bonds. The maximum atomic E-state index is 12.7. The Bertz CT molecular complexity index is 1190. The van der Waals surface area contributed by atoms with Gasteiger partial charge >= 0.3 is 0 Å². The SMILES string of the molecule is O=C1NN(c2ccc(Cl)c(Cl)c2)C(=O)/C1=C\c1ccc(-c2ccc(Cl)cc2Cl)o1. The lowest BCUT2D eigenvalue weighted by Crippen LogP contribution is -2.35. The third kappa shape index (κ3) is 3.87. The molecule has 0 bridgehead atoms. The number of nitrogens with zero attached hydrogens (tertiary/aromatic N) is 1. The average molecular weight is 468 g/mol. The van der Waals surface area contributed by atoms with Gasteiger partial charge in [-0.2, -0.15) is 0 Å². The van der Waals surface area contributed by atoms with Crippen LogP contribution in [0.25, 0.3) is 17.4 Å². The van der Waals surface area contributed by atoms with Gasteiger partial charge in [0.25, 0.3) is 11.8 Å². The lowest BCUT2D eigenvalue weighted by atomic mass is 10.2. The smallest absolute Gasteiger partial charge is 0.282 e. The Morgan fingerprint density at radius 2 is 1.66 bits per heavy atom. The molecule has 29 heavy (non-hydrogen) atoms.